The highest BCUT2D eigenvalue weighted by molar-refractivity contribution is 9.08. The first-order valence-electron chi connectivity index (χ1n) is 3.96. The zero-order valence-electron chi connectivity index (χ0n) is 7.16. The summed E-state index contributed by atoms with van der Waals surface area (Å²) in [5.74, 6) is -0.701. The lowest BCUT2D eigenvalue weighted by Gasteiger charge is -1.91. The first-order valence-corrected chi connectivity index (χ1v) is 5.08. The van der Waals surface area contributed by atoms with E-state index >= 15 is 0 Å². The summed E-state index contributed by atoms with van der Waals surface area (Å²) in [5.41, 5.74) is 7.33. The number of alkyl halides is 1. The predicted octanol–water partition coefficient (Wildman–Crippen LogP) is 1.82. The number of hydrogen-bond acceptors (Lipinski definition) is 3. The van der Waals surface area contributed by atoms with E-state index in [0.29, 0.717) is 11.1 Å². The van der Waals surface area contributed by atoms with Gasteiger partial charge in [-0.05, 0) is 17.7 Å². The van der Waals surface area contributed by atoms with E-state index < -0.39 is 5.91 Å². The number of rotatable bonds is 2. The molecule has 72 valence electrons. The number of carbonyl (C=O) groups excluding carboxylic acids is 1. The number of amides is 1. The highest BCUT2D eigenvalue weighted by Gasteiger charge is 2.10. The normalized spacial score (nSPS) is 10.6. The molecule has 2 N–H and O–H groups in total. The van der Waals surface area contributed by atoms with Crippen molar-refractivity contribution in [3.8, 4) is 0 Å². The fourth-order valence-corrected chi connectivity index (χ4v) is 1.51. The van der Waals surface area contributed by atoms with Gasteiger partial charge in [-0.1, -0.05) is 22.0 Å². The number of nitrogens with zero attached hydrogens (tertiary/aromatic N) is 1. The number of nitrogens with two attached hydrogens (primary N) is 1. The molecule has 1 aromatic carbocycles. The van der Waals surface area contributed by atoms with Gasteiger partial charge in [-0.3, -0.25) is 4.79 Å². The van der Waals surface area contributed by atoms with Gasteiger partial charge < -0.3 is 10.2 Å². The summed E-state index contributed by atoms with van der Waals surface area (Å²) >= 11 is 3.33. The fourth-order valence-electron chi connectivity index (χ4n) is 1.16. The van der Waals surface area contributed by atoms with Gasteiger partial charge in [-0.2, -0.15) is 0 Å². The van der Waals surface area contributed by atoms with Crippen LogP contribution in [0.15, 0.2) is 22.6 Å². The first kappa shape index (κ1) is 9.21. The molecule has 0 spiro atoms. The van der Waals surface area contributed by atoms with Gasteiger partial charge in [0.25, 0.3) is 5.89 Å². The molecule has 1 aromatic heterocycles. The molecule has 0 saturated heterocycles. The molecule has 0 aliphatic rings. The van der Waals surface area contributed by atoms with Crippen molar-refractivity contribution < 1.29 is 9.21 Å². The Morgan fingerprint density at radius 1 is 1.57 bits per heavy atom. The molecule has 0 saturated carbocycles. The maximum atomic E-state index is 10.8. The van der Waals surface area contributed by atoms with Gasteiger partial charge in [0, 0.05) is 5.33 Å². The molecule has 0 radical (unpaired) electrons. The number of benzene rings is 1. The van der Waals surface area contributed by atoms with E-state index in [0.717, 1.165) is 10.9 Å². The molecule has 4 nitrogen and oxygen atoms in total. The molecular formula is C9H7BrN2O2. The molecule has 5 heteroatoms. The number of aromatic nitrogens is 1. The highest BCUT2D eigenvalue weighted by atomic mass is 79.9. The molecular weight excluding hydrogens is 248 g/mol. The molecule has 0 fully saturated rings. The second kappa shape index (κ2) is 3.42. The van der Waals surface area contributed by atoms with E-state index in [1.807, 2.05) is 12.1 Å². The van der Waals surface area contributed by atoms with Crippen molar-refractivity contribution in [2.75, 3.05) is 0 Å². The van der Waals surface area contributed by atoms with E-state index in [1.54, 1.807) is 6.07 Å². The monoisotopic (exact) mass is 254 g/mol. The minimum absolute atomic E-state index is 0.0493. The molecule has 0 bridgehead atoms. The molecule has 14 heavy (non-hydrogen) atoms. The van der Waals surface area contributed by atoms with Crippen LogP contribution in [0.2, 0.25) is 0 Å². The van der Waals surface area contributed by atoms with Crippen LogP contribution in [0.5, 0.6) is 0 Å². The van der Waals surface area contributed by atoms with Crippen LogP contribution in [0.4, 0.5) is 0 Å². The van der Waals surface area contributed by atoms with Crippen LogP contribution >= 0.6 is 15.9 Å². The summed E-state index contributed by atoms with van der Waals surface area (Å²) in [6, 6.07) is 5.52. The second-order valence-corrected chi connectivity index (χ2v) is 3.38. The van der Waals surface area contributed by atoms with Crippen LogP contribution in [0, 0.1) is 0 Å². The summed E-state index contributed by atoms with van der Waals surface area (Å²) in [4.78, 5) is 14.7. The van der Waals surface area contributed by atoms with E-state index in [4.69, 9.17) is 10.2 Å². The van der Waals surface area contributed by atoms with Crippen LogP contribution in [0.1, 0.15) is 16.2 Å². The van der Waals surface area contributed by atoms with Crippen molar-refractivity contribution in [1.82, 2.24) is 4.98 Å². The summed E-state index contributed by atoms with van der Waals surface area (Å²) in [6.45, 7) is 0. The van der Waals surface area contributed by atoms with Crippen molar-refractivity contribution in [3.63, 3.8) is 0 Å². The summed E-state index contributed by atoms with van der Waals surface area (Å²) in [5, 5.41) is 0.732. The third-order valence-corrected chi connectivity index (χ3v) is 2.47. The Hall–Kier alpha value is -1.36. The standard InChI is InChI=1S/C9H7BrN2O2/c10-4-5-1-2-6-7(3-5)14-9(12-6)8(11)13/h1-3H,4H2,(H2,11,13). The van der Waals surface area contributed by atoms with Gasteiger partial charge >= 0.3 is 5.91 Å². The summed E-state index contributed by atoms with van der Waals surface area (Å²) < 4.78 is 5.17. The molecule has 0 aliphatic carbocycles. The van der Waals surface area contributed by atoms with Crippen LogP contribution in [0.25, 0.3) is 11.1 Å². The van der Waals surface area contributed by atoms with Crippen molar-refractivity contribution in [2.45, 2.75) is 5.33 Å². The topological polar surface area (TPSA) is 69.1 Å². The highest BCUT2D eigenvalue weighted by Crippen LogP contribution is 2.18. The summed E-state index contributed by atoms with van der Waals surface area (Å²) in [7, 11) is 0. The third-order valence-electron chi connectivity index (χ3n) is 1.82. The van der Waals surface area contributed by atoms with Gasteiger partial charge in [0.2, 0.25) is 0 Å². The van der Waals surface area contributed by atoms with Gasteiger partial charge in [0.1, 0.15) is 5.52 Å². The van der Waals surface area contributed by atoms with Crippen LogP contribution in [0.3, 0.4) is 0 Å². The zero-order chi connectivity index (χ0) is 10.1. The second-order valence-electron chi connectivity index (χ2n) is 2.82. The Morgan fingerprint density at radius 2 is 2.36 bits per heavy atom. The molecule has 1 amide bonds. The maximum Gasteiger partial charge on any atom is 0.304 e. The molecule has 1 heterocycles. The minimum atomic E-state index is -0.651. The number of halogens is 1. The lowest BCUT2D eigenvalue weighted by Crippen LogP contribution is -2.10. The number of carbonyl (C=O) groups is 1. The van der Waals surface area contributed by atoms with E-state index in [9.17, 15) is 4.79 Å². The zero-order valence-corrected chi connectivity index (χ0v) is 8.74. The average Bonchev–Trinajstić information content (AvgIpc) is 2.59. The largest absolute Gasteiger partial charge is 0.432 e. The third kappa shape index (κ3) is 1.50. The van der Waals surface area contributed by atoms with E-state index in [2.05, 4.69) is 20.9 Å². The van der Waals surface area contributed by atoms with Crippen molar-refractivity contribution in [1.29, 1.82) is 0 Å². The van der Waals surface area contributed by atoms with Gasteiger partial charge in [-0.15, -0.1) is 0 Å². The van der Waals surface area contributed by atoms with Crippen LogP contribution in [-0.4, -0.2) is 10.9 Å². The Bertz CT molecular complexity index is 493. The van der Waals surface area contributed by atoms with Crippen molar-refractivity contribution >= 4 is 32.9 Å². The SMILES string of the molecule is NC(=O)c1nc2ccc(CBr)cc2o1. The smallest absolute Gasteiger partial charge is 0.304 e. The van der Waals surface area contributed by atoms with Gasteiger partial charge in [0.15, 0.2) is 5.58 Å². The van der Waals surface area contributed by atoms with Crippen LogP contribution in [-0.2, 0) is 5.33 Å². The van der Waals surface area contributed by atoms with Crippen molar-refractivity contribution in [2.24, 2.45) is 5.73 Å². The average molecular weight is 255 g/mol. The summed E-state index contributed by atoms with van der Waals surface area (Å²) in [6.07, 6.45) is 0. The number of fused-ring (bicyclic) bond motifs is 1. The Labute approximate surface area is 88.2 Å². The van der Waals surface area contributed by atoms with Gasteiger partial charge in [0.05, 0.1) is 0 Å². The fraction of sp³-hybridized carbons (Fsp3) is 0.111. The Morgan fingerprint density at radius 3 is 3.00 bits per heavy atom. The molecule has 0 aliphatic heterocycles. The van der Waals surface area contributed by atoms with Gasteiger partial charge in [-0.25, -0.2) is 4.98 Å². The van der Waals surface area contributed by atoms with Crippen LogP contribution < -0.4 is 5.73 Å². The first-order chi connectivity index (χ1) is 6.70. The number of primary amides is 1. The molecule has 0 unspecified atom stereocenters. The quantitative estimate of drug-likeness (QED) is 0.832. The lowest BCUT2D eigenvalue weighted by molar-refractivity contribution is 0.0969. The number of hydrogen-bond donors (Lipinski definition) is 1. The molecule has 0 atom stereocenters. The Kier molecular flexibility index (Phi) is 2.25. The van der Waals surface area contributed by atoms with Crippen molar-refractivity contribution in [3.05, 3.63) is 29.7 Å². The van der Waals surface area contributed by atoms with E-state index in [-0.39, 0.29) is 5.89 Å². The molecule has 2 aromatic rings. The number of oxazole rings is 1. The predicted molar refractivity (Wildman–Crippen MR) is 55.2 cm³/mol. The maximum absolute atomic E-state index is 10.8. The Balaban J connectivity index is 2.60. The minimum Gasteiger partial charge on any atom is -0.432 e. The van der Waals surface area contributed by atoms with E-state index in [1.165, 1.54) is 0 Å². The molecule has 2 rings (SSSR count). The lowest BCUT2D eigenvalue weighted by atomic mass is 10.2.